The van der Waals surface area contributed by atoms with Crippen LogP contribution in [-0.2, 0) is 25.8 Å². The van der Waals surface area contributed by atoms with Crippen molar-refractivity contribution in [3.63, 3.8) is 0 Å². The number of carbonyl (C=O) groups is 4. The van der Waals surface area contributed by atoms with E-state index in [1.54, 1.807) is 48.5 Å². The lowest BCUT2D eigenvalue weighted by molar-refractivity contribution is -0.132. The van der Waals surface area contributed by atoms with Gasteiger partial charge in [-0.15, -0.1) is 0 Å². The van der Waals surface area contributed by atoms with Crippen LogP contribution in [0.5, 0.6) is 23.0 Å². The van der Waals surface area contributed by atoms with Gasteiger partial charge in [0.2, 0.25) is 0 Å². The highest BCUT2D eigenvalue weighted by Gasteiger charge is 1.94. The van der Waals surface area contributed by atoms with Crippen LogP contribution in [0.15, 0.2) is 152 Å². The number of carbonyl (C=O) groups excluding carboxylic acids is 4. The third-order valence-electron chi connectivity index (χ3n) is 4.76. The van der Waals surface area contributed by atoms with Gasteiger partial charge in [-0.2, -0.15) is 0 Å². The molecule has 0 radical (unpaired) electrons. The second-order valence-corrected chi connectivity index (χ2v) is 8.24. The number of aromatic hydroxyl groups is 1. The Morgan fingerprint density at radius 1 is 0.471 bits per heavy atom. The lowest BCUT2D eigenvalue weighted by Crippen LogP contribution is -2.00. The van der Waals surface area contributed by atoms with Crippen LogP contribution in [0.4, 0.5) is 0 Å². The van der Waals surface area contributed by atoms with Gasteiger partial charge in [-0.05, 0) is 54.1 Å². The first kappa shape index (κ1) is 56.9. The molecule has 0 aliphatic heterocycles. The van der Waals surface area contributed by atoms with Gasteiger partial charge in [0.25, 0.3) is 0 Å². The van der Waals surface area contributed by atoms with Crippen molar-refractivity contribution < 1.29 is 38.5 Å². The lowest BCUT2D eigenvalue weighted by Gasteiger charge is -2.05. The minimum atomic E-state index is -0.286. The molecule has 5 aromatic rings. The minimum absolute atomic E-state index is 0. The Bertz CT molecular complexity index is 1330. The smallest absolute Gasteiger partial charge is 0.308 e. The molecule has 0 aliphatic carbocycles. The second kappa shape index (κ2) is 41.6. The first-order valence-electron chi connectivity index (χ1n) is 13.6. The van der Waals surface area contributed by atoms with Crippen LogP contribution in [-0.4, -0.2) is 30.6 Å². The molecule has 0 spiro atoms. The summed E-state index contributed by atoms with van der Waals surface area (Å²) in [7, 11) is 0. The number of ether oxygens (including phenoxy) is 3. The van der Waals surface area contributed by atoms with Gasteiger partial charge in [0, 0.05) is 23.8 Å². The van der Waals surface area contributed by atoms with Crippen LogP contribution in [0, 0.1) is 9.93 Å². The Labute approximate surface area is 303 Å². The summed E-state index contributed by atoms with van der Waals surface area (Å²) in [4.78, 5) is 50.8. The summed E-state index contributed by atoms with van der Waals surface area (Å²) in [6.07, 6.45) is 0. The van der Waals surface area contributed by atoms with Gasteiger partial charge in [0.15, 0.2) is 0 Å². The molecular formula is C41H54O10. The van der Waals surface area contributed by atoms with E-state index in [0.717, 1.165) is 5.75 Å². The van der Waals surface area contributed by atoms with Crippen molar-refractivity contribution in [3.05, 3.63) is 167 Å². The molecule has 0 fully saturated rings. The van der Waals surface area contributed by atoms with Crippen LogP contribution >= 0.6 is 0 Å². The zero-order valence-electron chi connectivity index (χ0n) is 26.2. The van der Waals surface area contributed by atoms with Gasteiger partial charge >= 0.3 is 11.9 Å². The van der Waals surface area contributed by atoms with Crippen molar-refractivity contribution in [2.45, 2.75) is 50.2 Å². The molecular weight excluding hydrogens is 652 g/mol. The van der Waals surface area contributed by atoms with Crippen LogP contribution in [0.25, 0.3) is 0 Å². The van der Waals surface area contributed by atoms with Crippen LogP contribution < -0.4 is 14.2 Å². The first-order chi connectivity index (χ1) is 22.9. The van der Waals surface area contributed by atoms with E-state index in [2.05, 4.69) is 12.1 Å². The summed E-state index contributed by atoms with van der Waals surface area (Å²) < 4.78 is 15.1. The van der Waals surface area contributed by atoms with Crippen LogP contribution in [0.2, 0.25) is 0 Å². The van der Waals surface area contributed by atoms with E-state index in [1.165, 1.54) is 19.4 Å². The third-order valence-corrected chi connectivity index (χ3v) is 4.76. The number of para-hydroxylation sites is 4. The van der Waals surface area contributed by atoms with Gasteiger partial charge in [-0.3, -0.25) is 9.59 Å². The molecule has 1 N–H and O–H groups in total. The largest absolute Gasteiger partial charge is 0.508 e. The molecule has 10 heteroatoms. The quantitative estimate of drug-likeness (QED) is 0.138. The number of rotatable bonds is 5. The zero-order chi connectivity index (χ0) is 35.5. The molecule has 0 atom stereocenters. The van der Waals surface area contributed by atoms with Gasteiger partial charge in [-0.1, -0.05) is 133 Å². The van der Waals surface area contributed by atoms with E-state index in [1.807, 2.05) is 105 Å². The van der Waals surface area contributed by atoms with Crippen molar-refractivity contribution in [1.82, 2.24) is 0 Å². The number of phenolic OH excluding ortho intramolecular Hbond substituents is 1. The molecule has 0 saturated heterocycles. The maximum absolute atomic E-state index is 10.4. The predicted octanol–water partition coefficient (Wildman–Crippen LogP) is 10.1. The van der Waals surface area contributed by atoms with Crippen molar-refractivity contribution in [2.24, 2.45) is 0 Å². The number of hydrogen-bond acceptors (Lipinski definition) is 10. The first-order valence-corrected chi connectivity index (χ1v) is 13.6. The molecule has 5 rings (SSSR count). The molecule has 0 heterocycles. The molecule has 0 amide bonds. The molecule has 0 unspecified atom stereocenters. The summed E-state index contributed by atoms with van der Waals surface area (Å²) in [6, 6.07) is 46.7. The van der Waals surface area contributed by atoms with Crippen LogP contribution in [0.3, 0.4) is 0 Å². The van der Waals surface area contributed by atoms with Gasteiger partial charge in [0.05, 0.1) is 0 Å². The highest BCUT2D eigenvalue weighted by molar-refractivity contribution is 5.69. The van der Waals surface area contributed by atoms with E-state index >= 15 is 0 Å². The Balaban J connectivity index is -0.000000125. The Kier molecular flexibility index (Phi) is 46.4. The molecule has 0 aliphatic rings. The molecule has 0 bridgehead atoms. The third kappa shape index (κ3) is 34.7. The fraction of sp³-hybridized carbons (Fsp3) is 0.171. The highest BCUT2D eigenvalue weighted by Crippen LogP contribution is 2.11. The lowest BCUT2D eigenvalue weighted by atomic mass is 10.2. The Morgan fingerprint density at radius 3 is 0.980 bits per heavy atom. The minimum Gasteiger partial charge on any atom is -0.508 e. The molecule has 0 saturated carbocycles. The summed E-state index contributed by atoms with van der Waals surface area (Å²) in [5, 5.41) is 8.63. The summed E-state index contributed by atoms with van der Waals surface area (Å²) in [5.41, 5.74) is 1.19. The maximum Gasteiger partial charge on any atom is 0.308 e. The number of benzene rings is 5. The van der Waals surface area contributed by atoms with E-state index in [-0.39, 0.29) is 41.6 Å². The average molecular weight is 707 g/mol. The van der Waals surface area contributed by atoms with Crippen molar-refractivity contribution in [1.29, 1.82) is 0 Å². The maximum atomic E-state index is 10.4. The van der Waals surface area contributed by atoms with E-state index in [0.29, 0.717) is 23.9 Å². The second-order valence-electron chi connectivity index (χ2n) is 8.24. The van der Waals surface area contributed by atoms with Crippen LogP contribution in [0.1, 0.15) is 49.1 Å². The molecule has 5 aromatic carbocycles. The molecule has 278 valence electrons. The number of esters is 2. The number of hydrogen-bond donors (Lipinski definition) is 1. The van der Waals surface area contributed by atoms with Crippen molar-refractivity contribution >= 4 is 25.5 Å². The van der Waals surface area contributed by atoms with Crippen molar-refractivity contribution in [3.8, 4) is 23.0 Å². The average Bonchev–Trinajstić information content (AvgIpc) is 3.12. The van der Waals surface area contributed by atoms with Crippen molar-refractivity contribution in [2.75, 3.05) is 0 Å². The van der Waals surface area contributed by atoms with Gasteiger partial charge < -0.3 is 28.9 Å². The predicted molar refractivity (Wildman–Crippen MR) is 209 cm³/mol. The Hall–Kier alpha value is -6.42. The standard InChI is InChI=1S/C13H12O.2C8H8O2.C6H6O.2CH2O.4CH4.O2/c1-3-7-12(8-4-1)11-14-13-9-5-2-6-10-13;2*1-7(9)10-8-5-3-2-4-6-8;7-6-4-2-1-3-5-6;2*1-2;;;;;1-2/h1-10H,11H2;2*2-6H,1H3;1-5,7H;2*1H2;4*1H4;. The van der Waals surface area contributed by atoms with Gasteiger partial charge in [-0.25, -0.2) is 0 Å². The van der Waals surface area contributed by atoms with E-state index in [4.69, 9.17) is 38.8 Å². The van der Waals surface area contributed by atoms with Gasteiger partial charge in [0.1, 0.15) is 43.2 Å². The fourth-order valence-electron chi connectivity index (χ4n) is 2.99. The molecule has 51 heavy (non-hydrogen) atoms. The van der Waals surface area contributed by atoms with E-state index < -0.39 is 0 Å². The topological polar surface area (TPSA) is 150 Å². The SMILES string of the molecule is C.C.C.C.C=O.C=O.CC(=O)Oc1ccccc1.CC(=O)Oc1ccccc1.O=O.Oc1ccccc1.c1ccc(COc2ccccc2)cc1. The zero-order valence-corrected chi connectivity index (χ0v) is 26.2. The fourth-order valence-corrected chi connectivity index (χ4v) is 2.99. The summed E-state index contributed by atoms with van der Waals surface area (Å²) in [5.74, 6) is 1.85. The number of phenols is 1. The summed E-state index contributed by atoms with van der Waals surface area (Å²) >= 11 is 0. The van der Waals surface area contributed by atoms with E-state index in [9.17, 15) is 9.59 Å². The molecule has 10 nitrogen and oxygen atoms in total. The Morgan fingerprint density at radius 2 is 0.725 bits per heavy atom. The normalized spacial score (nSPS) is 7.57. The highest BCUT2D eigenvalue weighted by atomic mass is 16.7. The molecule has 0 aromatic heterocycles. The summed E-state index contributed by atoms with van der Waals surface area (Å²) in [6.45, 7) is 7.39. The monoisotopic (exact) mass is 706 g/mol.